The van der Waals surface area contributed by atoms with Gasteiger partial charge in [-0.1, -0.05) is 44.0 Å². The van der Waals surface area contributed by atoms with Gasteiger partial charge in [0.1, 0.15) is 0 Å². The molecule has 1 aliphatic carbocycles. The molecule has 3 N–H and O–H groups in total. The van der Waals surface area contributed by atoms with Gasteiger partial charge in [-0.15, -0.1) is 0 Å². The third-order valence-corrected chi connectivity index (χ3v) is 3.81. The van der Waals surface area contributed by atoms with Crippen LogP contribution in [0.1, 0.15) is 56.1 Å². The van der Waals surface area contributed by atoms with E-state index in [1.807, 2.05) is 12.1 Å². The Bertz CT molecular complexity index is 431. The molecule has 0 radical (unpaired) electrons. The molecule has 1 aromatic carbocycles. The van der Waals surface area contributed by atoms with Crippen molar-refractivity contribution in [1.29, 1.82) is 0 Å². The zero-order valence-electron chi connectivity index (χ0n) is 12.7. The van der Waals surface area contributed by atoms with E-state index >= 15 is 0 Å². The molecule has 0 spiro atoms. The van der Waals surface area contributed by atoms with Crippen molar-refractivity contribution in [2.24, 2.45) is 0 Å². The number of aliphatic carboxylic acids is 1. The van der Waals surface area contributed by atoms with Gasteiger partial charge in [0.05, 0.1) is 6.10 Å². The molecule has 4 heteroatoms. The van der Waals surface area contributed by atoms with Crippen LogP contribution in [0.4, 0.5) is 0 Å². The molecule has 2 rings (SSSR count). The maximum atomic E-state index is 9.99. The Balaban J connectivity index is 0.000000383. The van der Waals surface area contributed by atoms with Crippen molar-refractivity contribution in [3.63, 3.8) is 0 Å². The molecule has 1 aromatic rings. The predicted molar refractivity (Wildman–Crippen MR) is 82.4 cm³/mol. The molecule has 4 nitrogen and oxygen atoms in total. The van der Waals surface area contributed by atoms with Crippen LogP contribution in [0.25, 0.3) is 0 Å². The fourth-order valence-corrected chi connectivity index (χ4v) is 2.61. The molecule has 1 fully saturated rings. The molecular weight excluding hydrogens is 268 g/mol. The van der Waals surface area contributed by atoms with E-state index in [9.17, 15) is 9.90 Å². The minimum Gasteiger partial charge on any atom is -0.481 e. The maximum absolute atomic E-state index is 9.99. The molecule has 0 heterocycles. The molecular formula is C17H26O4. The van der Waals surface area contributed by atoms with Crippen LogP contribution in [0.3, 0.4) is 0 Å². The van der Waals surface area contributed by atoms with Crippen molar-refractivity contribution >= 4 is 5.97 Å². The maximum Gasteiger partial charge on any atom is 0.303 e. The summed E-state index contributed by atoms with van der Waals surface area (Å²) < 4.78 is 0. The van der Waals surface area contributed by atoms with Gasteiger partial charge in [0.15, 0.2) is 0 Å². The van der Waals surface area contributed by atoms with E-state index < -0.39 is 5.97 Å². The first kappa shape index (κ1) is 17.7. The summed E-state index contributed by atoms with van der Waals surface area (Å²) in [6, 6.07) is 8.30. The molecule has 21 heavy (non-hydrogen) atoms. The first-order valence-electron chi connectivity index (χ1n) is 7.68. The molecule has 0 amide bonds. The average Bonchev–Trinajstić information content (AvgIpc) is 2.49. The highest BCUT2D eigenvalue weighted by Gasteiger charge is 2.24. The zero-order valence-corrected chi connectivity index (χ0v) is 12.7. The first-order valence-corrected chi connectivity index (χ1v) is 7.68. The molecule has 118 valence electrons. The van der Waals surface area contributed by atoms with E-state index in [2.05, 4.69) is 12.1 Å². The summed E-state index contributed by atoms with van der Waals surface area (Å²) in [5, 5.41) is 26.6. The third-order valence-electron chi connectivity index (χ3n) is 3.81. The summed E-state index contributed by atoms with van der Waals surface area (Å²) in [7, 11) is 0. The summed E-state index contributed by atoms with van der Waals surface area (Å²) in [5.41, 5.74) is 2.40. The highest BCUT2D eigenvalue weighted by atomic mass is 16.4. The van der Waals surface area contributed by atoms with Crippen molar-refractivity contribution in [2.45, 2.75) is 57.5 Å². The standard InChI is InChI=1S/C14H20O2.C3H6O2/c15-9-8-11-4-3-5-12(10-11)13-6-1-2-7-14(13)16;1-2-3(4)5/h3-5,10,13-16H,1-2,6-9H2;2H2,1H3,(H,4,5). The van der Waals surface area contributed by atoms with Crippen LogP contribution >= 0.6 is 0 Å². The molecule has 0 saturated heterocycles. The Kier molecular flexibility index (Phi) is 8.01. The van der Waals surface area contributed by atoms with Crippen LogP contribution in [0.5, 0.6) is 0 Å². The van der Waals surface area contributed by atoms with Gasteiger partial charge in [0.2, 0.25) is 0 Å². The van der Waals surface area contributed by atoms with E-state index in [0.29, 0.717) is 12.3 Å². The normalized spacial score (nSPS) is 21.3. The smallest absolute Gasteiger partial charge is 0.303 e. The number of rotatable bonds is 4. The number of carboxylic acid groups (broad SMARTS) is 1. The van der Waals surface area contributed by atoms with E-state index in [-0.39, 0.29) is 19.1 Å². The Morgan fingerprint density at radius 2 is 1.95 bits per heavy atom. The molecule has 2 atom stereocenters. The van der Waals surface area contributed by atoms with Crippen LogP contribution in [0, 0.1) is 0 Å². The second kappa shape index (κ2) is 9.53. The zero-order chi connectivity index (χ0) is 15.7. The molecule has 1 saturated carbocycles. The van der Waals surface area contributed by atoms with Gasteiger partial charge in [0, 0.05) is 18.9 Å². The number of benzene rings is 1. The highest BCUT2D eigenvalue weighted by Crippen LogP contribution is 2.33. The van der Waals surface area contributed by atoms with Crippen LogP contribution < -0.4 is 0 Å². The van der Waals surface area contributed by atoms with E-state index in [1.54, 1.807) is 6.92 Å². The second-order valence-electron chi connectivity index (χ2n) is 5.42. The lowest BCUT2D eigenvalue weighted by molar-refractivity contribution is -0.136. The molecule has 0 bridgehead atoms. The van der Waals surface area contributed by atoms with E-state index in [1.165, 1.54) is 12.0 Å². The average molecular weight is 294 g/mol. The van der Waals surface area contributed by atoms with Crippen LogP contribution in [0.2, 0.25) is 0 Å². The Labute approximate surface area is 126 Å². The number of aliphatic hydroxyl groups is 2. The third kappa shape index (κ3) is 6.27. The van der Waals surface area contributed by atoms with Gasteiger partial charge in [0.25, 0.3) is 0 Å². The number of hydrogen-bond acceptors (Lipinski definition) is 3. The Morgan fingerprint density at radius 3 is 2.52 bits per heavy atom. The lowest BCUT2D eigenvalue weighted by Crippen LogP contribution is -2.22. The van der Waals surface area contributed by atoms with Crippen LogP contribution in [-0.2, 0) is 11.2 Å². The summed E-state index contributed by atoms with van der Waals surface area (Å²) >= 11 is 0. The Morgan fingerprint density at radius 1 is 1.29 bits per heavy atom. The van der Waals surface area contributed by atoms with Gasteiger partial charge in [-0.3, -0.25) is 4.79 Å². The van der Waals surface area contributed by atoms with Crippen LogP contribution in [-0.4, -0.2) is 34.0 Å². The Hall–Kier alpha value is -1.39. The van der Waals surface area contributed by atoms with E-state index in [4.69, 9.17) is 10.2 Å². The lowest BCUT2D eigenvalue weighted by atomic mass is 9.81. The number of carboxylic acids is 1. The second-order valence-corrected chi connectivity index (χ2v) is 5.42. The summed E-state index contributed by atoms with van der Waals surface area (Å²) in [5.74, 6) is -0.447. The predicted octanol–water partition coefficient (Wildman–Crippen LogP) is 2.72. The quantitative estimate of drug-likeness (QED) is 0.798. The van der Waals surface area contributed by atoms with Gasteiger partial charge >= 0.3 is 5.97 Å². The minimum absolute atomic E-state index is 0.182. The van der Waals surface area contributed by atoms with Gasteiger partial charge in [-0.2, -0.15) is 0 Å². The lowest BCUT2D eigenvalue weighted by Gasteiger charge is -2.28. The molecule has 0 aliphatic heterocycles. The fourth-order valence-electron chi connectivity index (χ4n) is 2.61. The topological polar surface area (TPSA) is 77.8 Å². The van der Waals surface area contributed by atoms with Gasteiger partial charge < -0.3 is 15.3 Å². The first-order chi connectivity index (χ1) is 10.1. The van der Waals surface area contributed by atoms with Crippen molar-refractivity contribution in [2.75, 3.05) is 6.61 Å². The molecule has 0 aromatic heterocycles. The number of hydrogen-bond donors (Lipinski definition) is 3. The monoisotopic (exact) mass is 294 g/mol. The summed E-state index contributed by atoms with van der Waals surface area (Å²) in [4.78, 5) is 9.37. The summed E-state index contributed by atoms with van der Waals surface area (Å²) in [6.07, 6.45) is 5.12. The number of aliphatic hydroxyl groups excluding tert-OH is 2. The number of carbonyl (C=O) groups is 1. The minimum atomic E-state index is -0.745. The van der Waals surface area contributed by atoms with Crippen molar-refractivity contribution in [3.8, 4) is 0 Å². The van der Waals surface area contributed by atoms with Gasteiger partial charge in [-0.05, 0) is 30.4 Å². The SMILES string of the molecule is CCC(=O)O.OCCc1cccc(C2CCCCC2O)c1. The molecule has 1 aliphatic rings. The van der Waals surface area contributed by atoms with Crippen LogP contribution in [0.15, 0.2) is 24.3 Å². The highest BCUT2D eigenvalue weighted by molar-refractivity contribution is 5.66. The van der Waals surface area contributed by atoms with Gasteiger partial charge in [-0.25, -0.2) is 0 Å². The van der Waals surface area contributed by atoms with Crippen molar-refractivity contribution in [1.82, 2.24) is 0 Å². The van der Waals surface area contributed by atoms with Crippen molar-refractivity contribution in [3.05, 3.63) is 35.4 Å². The van der Waals surface area contributed by atoms with Crippen molar-refractivity contribution < 1.29 is 20.1 Å². The van der Waals surface area contributed by atoms with E-state index in [0.717, 1.165) is 24.8 Å². The fraction of sp³-hybridized carbons (Fsp3) is 0.588. The molecule has 2 unspecified atom stereocenters. The largest absolute Gasteiger partial charge is 0.481 e. The summed E-state index contributed by atoms with van der Waals surface area (Å²) in [6.45, 7) is 1.79.